The van der Waals surface area contributed by atoms with Crippen LogP contribution in [0.3, 0.4) is 0 Å². The van der Waals surface area contributed by atoms with Gasteiger partial charge in [0.05, 0.1) is 19.2 Å². The number of nitrogens with zero attached hydrogens (tertiary/aromatic N) is 1. The predicted molar refractivity (Wildman–Crippen MR) is 96.8 cm³/mol. The zero-order valence-electron chi connectivity index (χ0n) is 13.7. The minimum Gasteiger partial charge on any atom is -0.388 e. The first-order valence-corrected chi connectivity index (χ1v) is 9.36. The van der Waals surface area contributed by atoms with Crippen molar-refractivity contribution >= 4 is 17.2 Å². The van der Waals surface area contributed by atoms with E-state index < -0.39 is 6.10 Å². The lowest BCUT2D eigenvalue weighted by atomic mass is 10.0. The number of amides is 1. The Labute approximate surface area is 147 Å². The largest absolute Gasteiger partial charge is 0.388 e. The number of aliphatic hydroxyl groups excluding tert-OH is 1. The smallest absolute Gasteiger partial charge is 0.234 e. The van der Waals surface area contributed by atoms with Crippen molar-refractivity contribution in [2.75, 3.05) is 13.1 Å². The zero-order chi connectivity index (χ0) is 16.8. The molecule has 2 atom stereocenters. The maximum Gasteiger partial charge on any atom is 0.234 e. The van der Waals surface area contributed by atoms with Gasteiger partial charge < -0.3 is 10.4 Å². The maximum absolute atomic E-state index is 12.2. The highest BCUT2D eigenvalue weighted by Crippen LogP contribution is 2.27. The monoisotopic (exact) mass is 344 g/mol. The average Bonchev–Trinajstić information content (AvgIpc) is 3.26. The van der Waals surface area contributed by atoms with Crippen molar-refractivity contribution in [1.82, 2.24) is 10.2 Å². The number of hydrogen-bond acceptors (Lipinski definition) is 4. The van der Waals surface area contributed by atoms with Crippen LogP contribution in [0.25, 0.3) is 0 Å². The summed E-state index contributed by atoms with van der Waals surface area (Å²) in [7, 11) is 0. The molecule has 2 aromatic rings. The molecule has 1 saturated heterocycles. The zero-order valence-corrected chi connectivity index (χ0v) is 14.5. The van der Waals surface area contributed by atoms with Crippen LogP contribution in [0.5, 0.6) is 0 Å². The Balaban J connectivity index is 1.48. The van der Waals surface area contributed by atoms with Gasteiger partial charge in [0.15, 0.2) is 0 Å². The molecule has 4 nitrogen and oxygen atoms in total. The third kappa shape index (κ3) is 4.66. The van der Waals surface area contributed by atoms with Crippen molar-refractivity contribution in [3.05, 3.63) is 58.3 Å². The van der Waals surface area contributed by atoms with Gasteiger partial charge >= 0.3 is 0 Å². The summed E-state index contributed by atoms with van der Waals surface area (Å²) in [6.45, 7) is 1.94. The fraction of sp³-hybridized carbons (Fsp3) is 0.421. The molecule has 5 heteroatoms. The van der Waals surface area contributed by atoms with Crippen LogP contribution < -0.4 is 5.32 Å². The van der Waals surface area contributed by atoms with Crippen molar-refractivity contribution in [1.29, 1.82) is 0 Å². The van der Waals surface area contributed by atoms with Gasteiger partial charge in [0.25, 0.3) is 0 Å². The highest BCUT2D eigenvalue weighted by Gasteiger charge is 2.28. The van der Waals surface area contributed by atoms with Crippen LogP contribution in [-0.2, 0) is 11.3 Å². The summed E-state index contributed by atoms with van der Waals surface area (Å²) < 4.78 is 0. The number of nitrogens with one attached hydrogen (secondary N) is 1. The summed E-state index contributed by atoms with van der Waals surface area (Å²) in [5, 5.41) is 15.4. The molecular weight excluding hydrogens is 320 g/mol. The number of carbonyl (C=O) groups excluding carboxylic acids is 1. The Kier molecular flexibility index (Phi) is 6.01. The summed E-state index contributed by atoms with van der Waals surface area (Å²) >= 11 is 1.65. The van der Waals surface area contributed by atoms with Gasteiger partial charge in [0.2, 0.25) is 5.91 Å². The van der Waals surface area contributed by atoms with Crippen LogP contribution in [0, 0.1) is 0 Å². The minimum absolute atomic E-state index is 0.0597. The van der Waals surface area contributed by atoms with Gasteiger partial charge in [-0.15, -0.1) is 11.3 Å². The van der Waals surface area contributed by atoms with Crippen LogP contribution in [-0.4, -0.2) is 35.0 Å². The molecule has 0 aliphatic carbocycles. The van der Waals surface area contributed by atoms with Gasteiger partial charge in [0.1, 0.15) is 0 Å². The molecule has 128 valence electrons. The third-order valence-electron chi connectivity index (χ3n) is 4.57. The Morgan fingerprint density at radius 2 is 2.12 bits per heavy atom. The van der Waals surface area contributed by atoms with Crippen LogP contribution in [0.2, 0.25) is 0 Å². The fourth-order valence-electron chi connectivity index (χ4n) is 3.28. The molecule has 0 spiro atoms. The number of rotatable bonds is 7. The van der Waals surface area contributed by atoms with E-state index in [0.717, 1.165) is 24.9 Å². The normalized spacial score (nSPS) is 19.3. The number of carbonyl (C=O) groups is 1. The highest BCUT2D eigenvalue weighted by molar-refractivity contribution is 7.09. The molecule has 1 aromatic heterocycles. The number of benzene rings is 1. The second-order valence-electron chi connectivity index (χ2n) is 6.28. The number of aliphatic hydroxyl groups is 1. The Morgan fingerprint density at radius 1 is 1.29 bits per heavy atom. The van der Waals surface area contributed by atoms with Crippen molar-refractivity contribution in [3.8, 4) is 0 Å². The lowest BCUT2D eigenvalue weighted by Crippen LogP contribution is -2.40. The second-order valence-corrected chi connectivity index (χ2v) is 7.32. The van der Waals surface area contributed by atoms with E-state index in [0.29, 0.717) is 19.5 Å². The van der Waals surface area contributed by atoms with Crippen LogP contribution in [0.1, 0.15) is 35.8 Å². The first kappa shape index (κ1) is 17.1. The lowest BCUT2D eigenvalue weighted by Gasteiger charge is -2.26. The van der Waals surface area contributed by atoms with E-state index in [1.54, 1.807) is 11.3 Å². The van der Waals surface area contributed by atoms with Crippen molar-refractivity contribution in [2.24, 2.45) is 0 Å². The molecular formula is C19H24N2O2S. The molecule has 1 amide bonds. The molecule has 2 unspecified atom stereocenters. The minimum atomic E-state index is -0.467. The molecule has 0 saturated carbocycles. The summed E-state index contributed by atoms with van der Waals surface area (Å²) in [6.07, 6.45) is 2.35. The molecule has 3 rings (SSSR count). The Bertz CT molecular complexity index is 630. The average molecular weight is 344 g/mol. The summed E-state index contributed by atoms with van der Waals surface area (Å²) in [4.78, 5) is 15.6. The van der Waals surface area contributed by atoms with Gasteiger partial charge in [-0.25, -0.2) is 0 Å². The van der Waals surface area contributed by atoms with E-state index in [-0.39, 0.29) is 11.9 Å². The quantitative estimate of drug-likeness (QED) is 0.812. The van der Waals surface area contributed by atoms with Crippen LogP contribution in [0.4, 0.5) is 0 Å². The Morgan fingerprint density at radius 3 is 2.88 bits per heavy atom. The molecule has 0 bridgehead atoms. The van der Waals surface area contributed by atoms with Crippen LogP contribution >= 0.6 is 11.3 Å². The van der Waals surface area contributed by atoms with Crippen molar-refractivity contribution < 1.29 is 9.90 Å². The number of likely N-dealkylation sites (tertiary alicyclic amines) is 1. The van der Waals surface area contributed by atoms with E-state index in [1.165, 1.54) is 4.88 Å². The number of thiophene rings is 1. The maximum atomic E-state index is 12.2. The molecule has 1 aliphatic rings. The third-order valence-corrected chi connectivity index (χ3v) is 5.44. The summed E-state index contributed by atoms with van der Waals surface area (Å²) in [6, 6.07) is 14.1. The topological polar surface area (TPSA) is 52.6 Å². The lowest BCUT2D eigenvalue weighted by molar-refractivity contribution is -0.122. The van der Waals surface area contributed by atoms with Gasteiger partial charge in [-0.05, 0) is 42.8 Å². The molecule has 1 aromatic carbocycles. The molecule has 2 heterocycles. The van der Waals surface area contributed by atoms with E-state index in [2.05, 4.69) is 10.2 Å². The van der Waals surface area contributed by atoms with E-state index >= 15 is 0 Å². The second kappa shape index (κ2) is 8.42. The molecule has 2 N–H and O–H groups in total. The first-order valence-electron chi connectivity index (χ1n) is 8.48. The fourth-order valence-corrected chi connectivity index (χ4v) is 3.92. The predicted octanol–water partition coefficient (Wildman–Crippen LogP) is 2.95. The molecule has 24 heavy (non-hydrogen) atoms. The van der Waals surface area contributed by atoms with E-state index in [4.69, 9.17) is 0 Å². The van der Waals surface area contributed by atoms with Crippen molar-refractivity contribution in [2.45, 2.75) is 38.0 Å². The summed E-state index contributed by atoms with van der Waals surface area (Å²) in [5.74, 6) is 0.0597. The van der Waals surface area contributed by atoms with Gasteiger partial charge in [-0.1, -0.05) is 36.4 Å². The summed E-state index contributed by atoms with van der Waals surface area (Å²) in [5.41, 5.74) is 0.950. The van der Waals surface area contributed by atoms with Crippen molar-refractivity contribution in [3.63, 3.8) is 0 Å². The number of hydrogen-bond donors (Lipinski definition) is 2. The molecule has 1 aliphatic heterocycles. The Hall–Kier alpha value is -1.69. The van der Waals surface area contributed by atoms with E-state index in [1.807, 2.05) is 47.8 Å². The van der Waals surface area contributed by atoms with Gasteiger partial charge in [-0.2, -0.15) is 0 Å². The van der Waals surface area contributed by atoms with Gasteiger partial charge in [0, 0.05) is 10.9 Å². The van der Waals surface area contributed by atoms with Crippen LogP contribution in [0.15, 0.2) is 47.8 Å². The molecule has 1 fully saturated rings. The van der Waals surface area contributed by atoms with Gasteiger partial charge in [-0.3, -0.25) is 9.69 Å². The highest BCUT2D eigenvalue weighted by atomic mass is 32.1. The van der Waals surface area contributed by atoms with E-state index in [9.17, 15) is 9.90 Å². The molecule has 0 radical (unpaired) electrons. The standard InChI is InChI=1S/C19H24N2O2S/c22-18(15-6-2-1-3-7-15)12-16-8-4-10-21(16)14-19(23)20-13-17-9-5-11-24-17/h1-3,5-7,9,11,16,18,22H,4,8,10,12-14H2,(H,20,23). The SMILES string of the molecule is O=C(CN1CCCC1CC(O)c1ccccc1)NCc1cccs1. The first-order chi connectivity index (χ1) is 11.7.